The molecule has 1 aliphatic heterocycles. The van der Waals surface area contributed by atoms with Crippen molar-refractivity contribution in [2.45, 2.75) is 32.7 Å². The molecule has 6 nitrogen and oxygen atoms in total. The Balaban J connectivity index is 1.54. The minimum absolute atomic E-state index is 0.0525. The maximum atomic E-state index is 12.0. The zero-order valence-electron chi connectivity index (χ0n) is 17.4. The Morgan fingerprint density at radius 3 is 2.83 bits per heavy atom. The Kier molecular flexibility index (Phi) is 7.11. The first-order chi connectivity index (χ1) is 14.0. The van der Waals surface area contributed by atoms with Gasteiger partial charge in [0.1, 0.15) is 5.75 Å². The number of ether oxygens (including phenoxy) is 1. The van der Waals surface area contributed by atoms with E-state index in [-0.39, 0.29) is 11.8 Å². The average Bonchev–Trinajstić information content (AvgIpc) is 2.72. The molecule has 0 aliphatic carbocycles. The van der Waals surface area contributed by atoms with Crippen molar-refractivity contribution in [3.8, 4) is 5.75 Å². The smallest absolute Gasteiger partial charge is 0.225 e. The van der Waals surface area contributed by atoms with E-state index >= 15 is 0 Å². The predicted molar refractivity (Wildman–Crippen MR) is 117 cm³/mol. The number of guanidine groups is 1. The summed E-state index contributed by atoms with van der Waals surface area (Å²) in [5, 5.41) is 9.62. The van der Waals surface area contributed by atoms with Crippen LogP contribution in [-0.2, 0) is 11.3 Å². The van der Waals surface area contributed by atoms with E-state index < -0.39 is 0 Å². The molecule has 0 aromatic heterocycles. The number of carbonyl (C=O) groups is 1. The number of hydrogen-bond donors (Lipinski definition) is 3. The molecule has 1 aliphatic rings. The zero-order chi connectivity index (χ0) is 20.6. The number of anilines is 1. The summed E-state index contributed by atoms with van der Waals surface area (Å²) in [5.74, 6) is 2.25. The van der Waals surface area contributed by atoms with E-state index in [4.69, 9.17) is 4.74 Å². The summed E-state index contributed by atoms with van der Waals surface area (Å²) < 4.78 is 5.80. The van der Waals surface area contributed by atoms with E-state index in [0.717, 1.165) is 22.6 Å². The van der Waals surface area contributed by atoms with E-state index in [9.17, 15) is 4.79 Å². The summed E-state index contributed by atoms with van der Waals surface area (Å²) in [5.41, 5.74) is 3.18. The van der Waals surface area contributed by atoms with Crippen LogP contribution in [-0.4, -0.2) is 32.1 Å². The fourth-order valence-electron chi connectivity index (χ4n) is 3.32. The van der Waals surface area contributed by atoms with Crippen molar-refractivity contribution in [2.75, 3.05) is 25.5 Å². The van der Waals surface area contributed by atoms with Gasteiger partial charge in [0.2, 0.25) is 5.91 Å². The highest BCUT2D eigenvalue weighted by Crippen LogP contribution is 2.31. The van der Waals surface area contributed by atoms with Gasteiger partial charge >= 0.3 is 0 Å². The van der Waals surface area contributed by atoms with Crippen LogP contribution in [0, 0.1) is 5.92 Å². The van der Waals surface area contributed by atoms with E-state index in [1.54, 1.807) is 7.05 Å². The third-order valence-electron chi connectivity index (χ3n) is 4.79. The van der Waals surface area contributed by atoms with Crippen LogP contribution < -0.4 is 20.7 Å². The lowest BCUT2D eigenvalue weighted by molar-refractivity contribution is -0.116. The van der Waals surface area contributed by atoms with Gasteiger partial charge in [-0.15, -0.1) is 0 Å². The van der Waals surface area contributed by atoms with Gasteiger partial charge in [0.15, 0.2) is 5.96 Å². The molecule has 2 aromatic carbocycles. The molecular formula is C23H30N4O2. The third-order valence-corrected chi connectivity index (χ3v) is 4.79. The van der Waals surface area contributed by atoms with Crippen molar-refractivity contribution < 1.29 is 9.53 Å². The average molecular weight is 395 g/mol. The summed E-state index contributed by atoms with van der Waals surface area (Å²) >= 11 is 0. The molecular weight excluding hydrogens is 364 g/mol. The number of para-hydroxylation sites is 1. The second-order valence-corrected chi connectivity index (χ2v) is 7.70. The monoisotopic (exact) mass is 394 g/mol. The topological polar surface area (TPSA) is 74.8 Å². The van der Waals surface area contributed by atoms with Crippen molar-refractivity contribution in [1.29, 1.82) is 0 Å². The first kappa shape index (κ1) is 20.7. The van der Waals surface area contributed by atoms with E-state index in [1.165, 1.54) is 0 Å². The lowest BCUT2D eigenvalue weighted by atomic mass is 9.90. The number of rotatable bonds is 7. The normalized spacial score (nSPS) is 16.2. The van der Waals surface area contributed by atoms with Gasteiger partial charge in [-0.3, -0.25) is 9.79 Å². The minimum atomic E-state index is 0.0525. The Morgan fingerprint density at radius 1 is 1.21 bits per heavy atom. The lowest BCUT2D eigenvalue weighted by Crippen LogP contribution is -2.40. The second kappa shape index (κ2) is 9.96. The van der Waals surface area contributed by atoms with Crippen LogP contribution in [0.3, 0.4) is 0 Å². The summed E-state index contributed by atoms with van der Waals surface area (Å²) in [6.07, 6.45) is 0.468. The van der Waals surface area contributed by atoms with Gasteiger partial charge in [-0.2, -0.15) is 0 Å². The fourth-order valence-corrected chi connectivity index (χ4v) is 3.32. The molecule has 1 atom stereocenters. The van der Waals surface area contributed by atoms with Crippen LogP contribution in [0.25, 0.3) is 0 Å². The molecule has 0 radical (unpaired) electrons. The Hall–Kier alpha value is -3.02. The molecule has 29 heavy (non-hydrogen) atoms. The highest BCUT2D eigenvalue weighted by Gasteiger charge is 2.24. The fraction of sp³-hybridized carbons (Fsp3) is 0.391. The number of fused-ring (bicyclic) bond motifs is 1. The first-order valence-electron chi connectivity index (χ1n) is 10.1. The standard InChI is InChI=1S/C23H30N4O2/c1-16(2)15-29-19-8-6-7-17(11-19)13-25-23(24-3)26-14-18-12-22(28)27-21-10-5-4-9-20(18)21/h4-11,16,18H,12-15H2,1-3H3,(H,27,28)(H2,24,25,26). The highest BCUT2D eigenvalue weighted by atomic mass is 16.5. The quantitative estimate of drug-likeness (QED) is 0.496. The van der Waals surface area contributed by atoms with Gasteiger partial charge in [-0.25, -0.2) is 0 Å². The molecule has 0 fully saturated rings. The molecule has 1 unspecified atom stereocenters. The number of aliphatic imine (C=N–C) groups is 1. The molecule has 1 heterocycles. The van der Waals surface area contributed by atoms with Gasteiger partial charge in [-0.05, 0) is 35.2 Å². The first-order valence-corrected chi connectivity index (χ1v) is 10.1. The van der Waals surface area contributed by atoms with Gasteiger partial charge in [0.05, 0.1) is 6.61 Å². The molecule has 0 saturated carbocycles. The third kappa shape index (κ3) is 5.98. The number of benzene rings is 2. The maximum absolute atomic E-state index is 12.0. The number of hydrogen-bond acceptors (Lipinski definition) is 3. The maximum Gasteiger partial charge on any atom is 0.225 e. The molecule has 1 amide bonds. The van der Waals surface area contributed by atoms with Crippen molar-refractivity contribution >= 4 is 17.6 Å². The highest BCUT2D eigenvalue weighted by molar-refractivity contribution is 5.94. The van der Waals surface area contributed by atoms with Crippen molar-refractivity contribution in [3.05, 3.63) is 59.7 Å². The summed E-state index contributed by atoms with van der Waals surface area (Å²) in [6.45, 7) is 6.25. The Bertz CT molecular complexity index is 863. The SMILES string of the molecule is CN=C(NCc1cccc(OCC(C)C)c1)NCC1CC(=O)Nc2ccccc21. The second-order valence-electron chi connectivity index (χ2n) is 7.70. The van der Waals surface area contributed by atoms with Crippen LogP contribution in [0.4, 0.5) is 5.69 Å². The lowest BCUT2D eigenvalue weighted by Gasteiger charge is -2.26. The van der Waals surface area contributed by atoms with E-state index in [1.807, 2.05) is 36.4 Å². The molecule has 6 heteroatoms. The number of amides is 1. The van der Waals surface area contributed by atoms with E-state index in [0.29, 0.717) is 38.0 Å². The molecule has 3 N–H and O–H groups in total. The van der Waals surface area contributed by atoms with Crippen molar-refractivity contribution in [2.24, 2.45) is 10.9 Å². The summed E-state index contributed by atoms with van der Waals surface area (Å²) in [4.78, 5) is 16.3. The van der Waals surface area contributed by atoms with Gasteiger partial charge in [0, 0.05) is 38.2 Å². The number of nitrogens with zero attached hydrogens (tertiary/aromatic N) is 1. The molecule has 3 rings (SSSR count). The Morgan fingerprint density at radius 2 is 2.03 bits per heavy atom. The van der Waals surface area contributed by atoms with Crippen molar-refractivity contribution in [3.63, 3.8) is 0 Å². The number of carbonyl (C=O) groups excluding carboxylic acids is 1. The molecule has 0 saturated heterocycles. The minimum Gasteiger partial charge on any atom is -0.493 e. The van der Waals surface area contributed by atoms with Crippen molar-refractivity contribution in [1.82, 2.24) is 10.6 Å². The van der Waals surface area contributed by atoms with Crippen LogP contribution in [0.5, 0.6) is 5.75 Å². The van der Waals surface area contributed by atoms with Crippen LogP contribution in [0.2, 0.25) is 0 Å². The summed E-state index contributed by atoms with van der Waals surface area (Å²) in [6, 6.07) is 16.0. The zero-order valence-corrected chi connectivity index (χ0v) is 17.4. The molecule has 2 aromatic rings. The van der Waals surface area contributed by atoms with E-state index in [2.05, 4.69) is 46.9 Å². The Labute approximate surface area is 172 Å². The molecule has 0 spiro atoms. The van der Waals surface area contributed by atoms with Gasteiger partial charge < -0.3 is 20.7 Å². The molecule has 0 bridgehead atoms. The number of nitrogens with one attached hydrogen (secondary N) is 3. The van der Waals surface area contributed by atoms with Crippen LogP contribution >= 0.6 is 0 Å². The van der Waals surface area contributed by atoms with Crippen LogP contribution in [0.1, 0.15) is 37.3 Å². The predicted octanol–water partition coefficient (Wildman–Crippen LogP) is 3.51. The molecule has 154 valence electrons. The van der Waals surface area contributed by atoms with Gasteiger partial charge in [-0.1, -0.05) is 44.2 Å². The summed E-state index contributed by atoms with van der Waals surface area (Å²) in [7, 11) is 1.75. The largest absolute Gasteiger partial charge is 0.493 e. The van der Waals surface area contributed by atoms with Gasteiger partial charge in [0.25, 0.3) is 0 Å². The van der Waals surface area contributed by atoms with Crippen LogP contribution in [0.15, 0.2) is 53.5 Å².